The number of halogens is 2. The van der Waals surface area contributed by atoms with Gasteiger partial charge in [0.05, 0.1) is 0 Å². The second-order valence-electron chi connectivity index (χ2n) is 5.24. The third-order valence-corrected chi connectivity index (χ3v) is 3.68. The van der Waals surface area contributed by atoms with Crippen molar-refractivity contribution in [3.8, 4) is 0 Å². The lowest BCUT2D eigenvalue weighted by Gasteiger charge is -2.20. The van der Waals surface area contributed by atoms with E-state index in [1.165, 1.54) is 12.1 Å². The number of fused-ring (bicyclic) bond motifs is 1. The van der Waals surface area contributed by atoms with Crippen molar-refractivity contribution in [3.63, 3.8) is 0 Å². The molecule has 1 N–H and O–H groups in total. The number of Topliss-reactive ketones (excluding diaryl/α,β-unsaturated/α-hetero) is 1. The van der Waals surface area contributed by atoms with Gasteiger partial charge < -0.3 is 5.32 Å². The molecule has 21 heavy (non-hydrogen) atoms. The summed E-state index contributed by atoms with van der Waals surface area (Å²) in [4.78, 5) is 12.4. The van der Waals surface area contributed by atoms with Crippen LogP contribution in [0.25, 0.3) is 0 Å². The summed E-state index contributed by atoms with van der Waals surface area (Å²) in [6.07, 6.45) is 1.83. The van der Waals surface area contributed by atoms with E-state index in [-0.39, 0.29) is 12.2 Å². The van der Waals surface area contributed by atoms with Crippen LogP contribution < -0.4 is 5.32 Å². The van der Waals surface area contributed by atoms with Crippen LogP contribution in [0.5, 0.6) is 0 Å². The zero-order valence-corrected chi connectivity index (χ0v) is 11.5. The summed E-state index contributed by atoms with van der Waals surface area (Å²) in [5, 5.41) is 3.27. The Kier molecular flexibility index (Phi) is 3.69. The fraction of sp³-hybridized carbons (Fsp3) is 0.235. The highest BCUT2D eigenvalue weighted by Crippen LogP contribution is 2.26. The van der Waals surface area contributed by atoms with Crippen LogP contribution in [0.4, 0.5) is 14.5 Å². The van der Waals surface area contributed by atoms with Crippen molar-refractivity contribution < 1.29 is 13.6 Å². The Balaban J connectivity index is 1.89. The number of nitrogens with one attached hydrogen (secondary N) is 1. The van der Waals surface area contributed by atoms with Crippen molar-refractivity contribution in [2.45, 2.75) is 19.3 Å². The Hall–Kier alpha value is -2.23. The average molecular weight is 287 g/mol. The summed E-state index contributed by atoms with van der Waals surface area (Å²) >= 11 is 0. The summed E-state index contributed by atoms with van der Waals surface area (Å²) in [5.74, 6) is -1.43. The molecule has 2 nitrogen and oxygen atoms in total. The predicted molar refractivity (Wildman–Crippen MR) is 77.6 cm³/mol. The van der Waals surface area contributed by atoms with Gasteiger partial charge >= 0.3 is 0 Å². The van der Waals surface area contributed by atoms with Crippen molar-refractivity contribution >= 4 is 11.5 Å². The maximum absolute atomic E-state index is 13.2. The van der Waals surface area contributed by atoms with Crippen molar-refractivity contribution in [1.82, 2.24) is 0 Å². The minimum Gasteiger partial charge on any atom is -0.385 e. The Morgan fingerprint density at radius 2 is 1.90 bits per heavy atom. The van der Waals surface area contributed by atoms with Crippen molar-refractivity contribution in [1.29, 1.82) is 0 Å². The van der Waals surface area contributed by atoms with Gasteiger partial charge in [-0.25, -0.2) is 8.78 Å². The van der Waals surface area contributed by atoms with Gasteiger partial charge in [-0.2, -0.15) is 0 Å². The number of rotatable bonds is 3. The molecule has 0 saturated carbocycles. The Labute approximate surface area is 121 Å². The smallest absolute Gasteiger partial charge is 0.167 e. The van der Waals surface area contributed by atoms with Gasteiger partial charge in [0, 0.05) is 30.3 Å². The van der Waals surface area contributed by atoms with E-state index in [4.69, 9.17) is 0 Å². The summed E-state index contributed by atoms with van der Waals surface area (Å²) in [6, 6.07) is 8.78. The average Bonchev–Trinajstić information content (AvgIpc) is 2.45. The van der Waals surface area contributed by atoms with E-state index >= 15 is 0 Å². The van der Waals surface area contributed by atoms with Crippen LogP contribution in [0, 0.1) is 11.6 Å². The van der Waals surface area contributed by atoms with Crippen LogP contribution in [-0.4, -0.2) is 12.3 Å². The number of hydrogen-bond donors (Lipinski definition) is 1. The van der Waals surface area contributed by atoms with Crippen LogP contribution in [0.2, 0.25) is 0 Å². The lowest BCUT2D eigenvalue weighted by Crippen LogP contribution is -2.16. The molecule has 0 aromatic heterocycles. The summed E-state index contributed by atoms with van der Waals surface area (Å²) in [7, 11) is 0. The monoisotopic (exact) mass is 287 g/mol. The topological polar surface area (TPSA) is 29.1 Å². The van der Waals surface area contributed by atoms with Crippen LogP contribution in [0.1, 0.15) is 27.9 Å². The molecule has 2 aromatic rings. The first-order chi connectivity index (χ1) is 10.1. The minimum atomic E-state index is -0.658. The van der Waals surface area contributed by atoms with E-state index < -0.39 is 11.6 Å². The standard InChI is InChI=1S/C17H15F2NO/c18-12-7-11(8-13(19)10-12)9-17(21)15-3-1-5-16-14(15)4-2-6-20-16/h1,3,5,7-8,10,20H,2,4,6,9H2. The second-order valence-corrected chi connectivity index (χ2v) is 5.24. The summed E-state index contributed by atoms with van der Waals surface area (Å²) in [5.41, 5.74) is 2.99. The molecule has 108 valence electrons. The van der Waals surface area contributed by atoms with Gasteiger partial charge in [-0.3, -0.25) is 4.79 Å². The molecule has 0 saturated heterocycles. The van der Waals surface area contributed by atoms with E-state index in [1.54, 1.807) is 6.07 Å². The Morgan fingerprint density at radius 3 is 2.67 bits per heavy atom. The SMILES string of the molecule is O=C(Cc1cc(F)cc(F)c1)c1cccc2c1CCCN2. The maximum Gasteiger partial charge on any atom is 0.167 e. The number of anilines is 1. The van der Waals surface area contributed by atoms with Gasteiger partial charge in [0.1, 0.15) is 11.6 Å². The fourth-order valence-corrected chi connectivity index (χ4v) is 2.76. The Morgan fingerprint density at radius 1 is 1.14 bits per heavy atom. The Bertz CT molecular complexity index is 677. The molecule has 1 aliphatic rings. The van der Waals surface area contributed by atoms with Gasteiger partial charge in [-0.1, -0.05) is 12.1 Å². The number of carbonyl (C=O) groups is 1. The molecule has 4 heteroatoms. The molecule has 2 aromatic carbocycles. The van der Waals surface area contributed by atoms with Crippen molar-refractivity contribution in [2.75, 3.05) is 11.9 Å². The van der Waals surface area contributed by atoms with Crippen molar-refractivity contribution in [2.24, 2.45) is 0 Å². The van der Waals surface area contributed by atoms with Crippen molar-refractivity contribution in [3.05, 3.63) is 64.7 Å². The summed E-state index contributed by atoms with van der Waals surface area (Å²) in [6.45, 7) is 0.903. The first kappa shape index (κ1) is 13.7. The molecule has 0 unspecified atom stereocenters. The van der Waals surface area contributed by atoms with E-state index in [0.29, 0.717) is 11.1 Å². The highest BCUT2D eigenvalue weighted by Gasteiger charge is 2.17. The number of ketones is 1. The highest BCUT2D eigenvalue weighted by molar-refractivity contribution is 6.00. The van der Waals surface area contributed by atoms with Gasteiger partial charge in [0.25, 0.3) is 0 Å². The van der Waals surface area contributed by atoms with Gasteiger partial charge in [-0.15, -0.1) is 0 Å². The number of hydrogen-bond acceptors (Lipinski definition) is 2. The molecule has 0 aliphatic carbocycles. The third-order valence-electron chi connectivity index (χ3n) is 3.68. The van der Waals surface area contributed by atoms with E-state index in [2.05, 4.69) is 5.32 Å². The maximum atomic E-state index is 13.2. The molecule has 3 rings (SSSR count). The molecular weight excluding hydrogens is 272 g/mol. The second kappa shape index (κ2) is 5.64. The zero-order chi connectivity index (χ0) is 14.8. The van der Waals surface area contributed by atoms with Gasteiger partial charge in [0.2, 0.25) is 0 Å². The molecule has 0 radical (unpaired) electrons. The van der Waals surface area contributed by atoms with E-state index in [1.807, 2.05) is 12.1 Å². The van der Waals surface area contributed by atoms with Crippen LogP contribution in [0.15, 0.2) is 36.4 Å². The predicted octanol–water partition coefficient (Wildman–Crippen LogP) is 3.75. The highest BCUT2D eigenvalue weighted by atomic mass is 19.1. The van der Waals surface area contributed by atoms with Gasteiger partial charge in [0.15, 0.2) is 5.78 Å². The summed E-state index contributed by atoms with van der Waals surface area (Å²) < 4.78 is 26.4. The van der Waals surface area contributed by atoms with Gasteiger partial charge in [-0.05, 0) is 42.2 Å². The molecule has 1 aliphatic heterocycles. The minimum absolute atomic E-state index is 0.00509. The molecule has 1 heterocycles. The molecule has 0 atom stereocenters. The van der Waals surface area contributed by atoms with E-state index in [0.717, 1.165) is 36.7 Å². The fourth-order valence-electron chi connectivity index (χ4n) is 2.76. The molecule has 0 amide bonds. The van der Waals surface area contributed by atoms with Crippen LogP contribution in [-0.2, 0) is 12.8 Å². The van der Waals surface area contributed by atoms with Crippen LogP contribution >= 0.6 is 0 Å². The lowest BCUT2D eigenvalue weighted by atomic mass is 9.93. The molecular formula is C17H15F2NO. The molecule has 0 bridgehead atoms. The normalized spacial score (nSPS) is 13.4. The largest absolute Gasteiger partial charge is 0.385 e. The molecule has 0 spiro atoms. The lowest BCUT2D eigenvalue weighted by molar-refractivity contribution is 0.0992. The first-order valence-electron chi connectivity index (χ1n) is 6.97. The molecule has 0 fully saturated rings. The first-order valence-corrected chi connectivity index (χ1v) is 6.97. The third kappa shape index (κ3) is 2.94. The number of benzene rings is 2. The number of carbonyl (C=O) groups excluding carboxylic acids is 1. The van der Waals surface area contributed by atoms with Crippen LogP contribution in [0.3, 0.4) is 0 Å². The zero-order valence-electron chi connectivity index (χ0n) is 11.5. The van der Waals surface area contributed by atoms with E-state index in [9.17, 15) is 13.6 Å². The quantitative estimate of drug-likeness (QED) is 0.871.